The molecule has 0 saturated carbocycles. The normalized spacial score (nSPS) is 10.5. The second-order valence-corrected chi connectivity index (χ2v) is 6.27. The Morgan fingerprint density at radius 3 is 2.52 bits per heavy atom. The zero-order valence-electron chi connectivity index (χ0n) is 15.0. The van der Waals surface area contributed by atoms with Crippen LogP contribution in [0, 0.1) is 0 Å². The number of fused-ring (bicyclic) bond motifs is 1. The highest BCUT2D eigenvalue weighted by Gasteiger charge is 2.16. The number of methoxy groups -OCH3 is 2. The number of rotatable bonds is 6. The smallest absolute Gasteiger partial charge is 0.339 e. The third-order valence-electron chi connectivity index (χ3n) is 3.98. The van der Waals surface area contributed by atoms with Gasteiger partial charge in [-0.2, -0.15) is 0 Å². The number of halogens is 1. The first kappa shape index (κ1) is 18.7. The van der Waals surface area contributed by atoms with E-state index >= 15 is 0 Å². The summed E-state index contributed by atoms with van der Waals surface area (Å²) in [5, 5.41) is 0.953. The fraction of sp³-hybridized carbons (Fsp3) is 0.143. The zero-order valence-corrected chi connectivity index (χ0v) is 15.7. The van der Waals surface area contributed by atoms with Crippen LogP contribution in [0.3, 0.4) is 0 Å². The molecule has 1 aromatic heterocycles. The predicted octanol–water partition coefficient (Wildman–Crippen LogP) is 4.83. The fourth-order valence-corrected chi connectivity index (χ4v) is 2.76. The first-order valence-electron chi connectivity index (χ1n) is 8.16. The molecule has 3 rings (SSSR count). The van der Waals surface area contributed by atoms with Gasteiger partial charge >= 0.3 is 5.97 Å². The van der Waals surface area contributed by atoms with Crippen LogP contribution in [0.2, 0.25) is 0 Å². The number of para-hydroxylation sites is 1. The Morgan fingerprint density at radius 1 is 1.07 bits per heavy atom. The summed E-state index contributed by atoms with van der Waals surface area (Å²) < 4.78 is 15.9. The highest BCUT2D eigenvalue weighted by Crippen LogP contribution is 2.33. The topological polar surface area (TPSA) is 57.7 Å². The second-order valence-electron chi connectivity index (χ2n) is 5.74. The monoisotopic (exact) mass is 383 g/mol. The summed E-state index contributed by atoms with van der Waals surface area (Å²) in [6.07, 6.45) is 0. The van der Waals surface area contributed by atoms with Crippen molar-refractivity contribution in [3.8, 4) is 22.8 Å². The van der Waals surface area contributed by atoms with Crippen LogP contribution in [0.1, 0.15) is 10.4 Å². The lowest BCUT2D eigenvalue weighted by Crippen LogP contribution is -2.08. The Morgan fingerprint density at radius 2 is 1.81 bits per heavy atom. The molecule has 138 valence electrons. The Balaban J connectivity index is 2.12. The molecule has 1 heterocycles. The number of pyridine rings is 1. The number of nitrogens with zero attached hydrogens (tertiary/aromatic N) is 1. The minimum absolute atomic E-state index is 0.0528. The van der Waals surface area contributed by atoms with Gasteiger partial charge in [0.05, 0.1) is 31.0 Å². The van der Waals surface area contributed by atoms with Crippen molar-refractivity contribution in [2.45, 2.75) is 0 Å². The summed E-state index contributed by atoms with van der Waals surface area (Å²) in [5.74, 6) is 0.701. The minimum Gasteiger partial charge on any atom is -0.493 e. The van der Waals surface area contributed by atoms with Crippen LogP contribution >= 0.6 is 11.6 Å². The molecule has 6 heteroatoms. The van der Waals surface area contributed by atoms with Crippen LogP contribution in [0.15, 0.2) is 60.1 Å². The van der Waals surface area contributed by atoms with E-state index in [0.717, 1.165) is 5.56 Å². The van der Waals surface area contributed by atoms with Gasteiger partial charge in [0.2, 0.25) is 0 Å². The van der Waals surface area contributed by atoms with Gasteiger partial charge in [-0.3, -0.25) is 0 Å². The van der Waals surface area contributed by atoms with Crippen molar-refractivity contribution in [1.29, 1.82) is 0 Å². The van der Waals surface area contributed by atoms with Crippen LogP contribution in [0.5, 0.6) is 11.5 Å². The summed E-state index contributed by atoms with van der Waals surface area (Å²) in [6.45, 7) is 3.48. The third kappa shape index (κ3) is 4.04. The molecule has 5 nitrogen and oxygen atoms in total. The average molecular weight is 384 g/mol. The van der Waals surface area contributed by atoms with Crippen LogP contribution in [0.4, 0.5) is 0 Å². The van der Waals surface area contributed by atoms with Gasteiger partial charge in [-0.1, -0.05) is 36.4 Å². The van der Waals surface area contributed by atoms with E-state index in [0.29, 0.717) is 33.7 Å². The maximum atomic E-state index is 12.6. The number of ether oxygens (including phenoxy) is 3. The van der Waals surface area contributed by atoms with E-state index in [9.17, 15) is 4.79 Å². The van der Waals surface area contributed by atoms with Gasteiger partial charge in [0.25, 0.3) is 0 Å². The summed E-state index contributed by atoms with van der Waals surface area (Å²) >= 11 is 5.71. The Kier molecular flexibility index (Phi) is 5.62. The van der Waals surface area contributed by atoms with E-state index in [1.165, 1.54) is 0 Å². The molecule has 0 unspecified atom stereocenters. The van der Waals surface area contributed by atoms with Crippen molar-refractivity contribution < 1.29 is 19.0 Å². The van der Waals surface area contributed by atoms with E-state index in [1.807, 2.05) is 36.4 Å². The second kappa shape index (κ2) is 8.10. The zero-order chi connectivity index (χ0) is 19.4. The average Bonchev–Trinajstić information content (AvgIpc) is 2.70. The first-order valence-corrected chi connectivity index (χ1v) is 8.54. The van der Waals surface area contributed by atoms with Gasteiger partial charge < -0.3 is 14.2 Å². The number of hydrogen-bond acceptors (Lipinski definition) is 5. The lowest BCUT2D eigenvalue weighted by Gasteiger charge is -2.12. The Hall–Kier alpha value is -3.05. The van der Waals surface area contributed by atoms with Crippen LogP contribution in [-0.4, -0.2) is 31.8 Å². The third-order valence-corrected chi connectivity index (χ3v) is 4.08. The maximum Gasteiger partial charge on any atom is 0.339 e. The number of carbonyl (C=O) groups is 1. The molecular weight excluding hydrogens is 366 g/mol. The summed E-state index contributed by atoms with van der Waals surface area (Å²) in [7, 11) is 3.14. The summed E-state index contributed by atoms with van der Waals surface area (Å²) in [4.78, 5) is 17.2. The molecule has 0 amide bonds. The van der Waals surface area contributed by atoms with Gasteiger partial charge in [-0.25, -0.2) is 9.78 Å². The van der Waals surface area contributed by atoms with Gasteiger partial charge in [0.1, 0.15) is 6.61 Å². The molecule has 0 radical (unpaired) electrons. The van der Waals surface area contributed by atoms with Gasteiger partial charge in [-0.15, -0.1) is 0 Å². The highest BCUT2D eigenvalue weighted by atomic mass is 35.5. The largest absolute Gasteiger partial charge is 0.493 e. The van der Waals surface area contributed by atoms with E-state index in [-0.39, 0.29) is 11.6 Å². The molecule has 0 atom stereocenters. The molecule has 3 aromatic rings. The molecule has 0 N–H and O–H groups in total. The van der Waals surface area contributed by atoms with Crippen LogP contribution in [-0.2, 0) is 4.74 Å². The molecule has 0 bridgehead atoms. The lowest BCUT2D eigenvalue weighted by atomic mass is 10.0. The maximum absolute atomic E-state index is 12.6. The van der Waals surface area contributed by atoms with Crippen LogP contribution in [0.25, 0.3) is 22.2 Å². The molecule has 0 aliphatic rings. The van der Waals surface area contributed by atoms with E-state index in [1.54, 1.807) is 26.4 Å². The van der Waals surface area contributed by atoms with Crippen molar-refractivity contribution in [3.63, 3.8) is 0 Å². The first-order chi connectivity index (χ1) is 13.0. The molecule has 2 aromatic carbocycles. The highest BCUT2D eigenvalue weighted by molar-refractivity contribution is 6.29. The van der Waals surface area contributed by atoms with Crippen molar-refractivity contribution in [3.05, 3.63) is 65.7 Å². The molecule has 0 fully saturated rings. The number of hydrogen-bond donors (Lipinski definition) is 0. The number of esters is 1. The van der Waals surface area contributed by atoms with Gasteiger partial charge in [-0.05, 0) is 30.3 Å². The van der Waals surface area contributed by atoms with Crippen molar-refractivity contribution >= 4 is 28.5 Å². The quantitative estimate of drug-likeness (QED) is 0.571. The SMILES string of the molecule is C=C(Cl)COC(=O)c1cc(-c2ccc(OC)c(OC)c2)nc2ccccc12. The number of aromatic nitrogens is 1. The number of carbonyl (C=O) groups excluding carboxylic acids is 1. The van der Waals surface area contributed by atoms with E-state index in [4.69, 9.17) is 25.8 Å². The molecule has 0 saturated heterocycles. The Bertz CT molecular complexity index is 1020. The molecule has 0 aliphatic carbocycles. The molecule has 0 spiro atoms. The molecular formula is C21H18ClNO4. The summed E-state index contributed by atoms with van der Waals surface area (Å²) in [5.41, 5.74) is 2.49. The summed E-state index contributed by atoms with van der Waals surface area (Å²) in [6, 6.07) is 14.5. The molecule has 0 aliphatic heterocycles. The number of benzene rings is 2. The lowest BCUT2D eigenvalue weighted by molar-refractivity contribution is 0.0548. The minimum atomic E-state index is -0.489. The standard InChI is InChI=1S/C21H18ClNO4/c1-13(22)12-27-21(24)16-11-18(23-17-7-5-4-6-15(16)17)14-8-9-19(25-2)20(10-14)26-3/h4-11H,1,12H2,2-3H3. The van der Waals surface area contributed by atoms with Crippen molar-refractivity contribution in [2.75, 3.05) is 20.8 Å². The van der Waals surface area contributed by atoms with Crippen molar-refractivity contribution in [1.82, 2.24) is 4.98 Å². The van der Waals surface area contributed by atoms with Crippen LogP contribution < -0.4 is 9.47 Å². The van der Waals surface area contributed by atoms with Gasteiger partial charge in [0, 0.05) is 16.0 Å². The van der Waals surface area contributed by atoms with E-state index in [2.05, 4.69) is 11.6 Å². The predicted molar refractivity (Wildman–Crippen MR) is 106 cm³/mol. The van der Waals surface area contributed by atoms with Crippen molar-refractivity contribution in [2.24, 2.45) is 0 Å². The molecule has 27 heavy (non-hydrogen) atoms. The Labute approximate surface area is 162 Å². The fourth-order valence-electron chi connectivity index (χ4n) is 2.71. The van der Waals surface area contributed by atoms with Gasteiger partial charge in [0.15, 0.2) is 11.5 Å². The van der Waals surface area contributed by atoms with E-state index < -0.39 is 5.97 Å².